The van der Waals surface area contributed by atoms with Crippen LogP contribution in [0.3, 0.4) is 0 Å². The predicted molar refractivity (Wildman–Crippen MR) is 93.0 cm³/mol. The highest BCUT2D eigenvalue weighted by Crippen LogP contribution is 2.35. The number of fused-ring (bicyclic) bond motifs is 2. The summed E-state index contributed by atoms with van der Waals surface area (Å²) >= 11 is 0. The number of rotatable bonds is 1. The van der Waals surface area contributed by atoms with E-state index in [1.54, 1.807) is 11.2 Å². The van der Waals surface area contributed by atoms with E-state index in [0.29, 0.717) is 19.7 Å². The molecule has 1 fully saturated rings. The van der Waals surface area contributed by atoms with Crippen molar-refractivity contribution in [2.75, 3.05) is 19.7 Å². The fourth-order valence-corrected chi connectivity index (χ4v) is 3.83. The number of nitrogens with zero attached hydrogens (tertiary/aromatic N) is 5. The van der Waals surface area contributed by atoms with Crippen molar-refractivity contribution in [1.82, 2.24) is 24.2 Å². The molecule has 0 bridgehead atoms. The minimum atomic E-state index is -0.212. The van der Waals surface area contributed by atoms with Crippen LogP contribution in [0, 0.1) is 0 Å². The Labute approximate surface area is 146 Å². The van der Waals surface area contributed by atoms with Crippen LogP contribution in [0.5, 0.6) is 0 Å². The van der Waals surface area contributed by atoms with Gasteiger partial charge in [0.25, 0.3) is 0 Å². The smallest absolute Gasteiger partial charge is 0.409 e. The van der Waals surface area contributed by atoms with Gasteiger partial charge in [-0.15, -0.1) is 0 Å². The molecule has 1 amide bonds. The van der Waals surface area contributed by atoms with Gasteiger partial charge in [-0.2, -0.15) is 5.10 Å². The standard InChI is InChI=1S/C18H23N5O2/c1-3-25-18(24)22-9-4-13(5-10-22)16-14-6-8-21(2)15(14)7-11-23-17(16)19-12-20-23/h6,8,12H,3-5,7,9-11H2,1-2H3. The van der Waals surface area contributed by atoms with Gasteiger partial charge in [0, 0.05) is 56.1 Å². The van der Waals surface area contributed by atoms with Crippen LogP contribution >= 0.6 is 0 Å². The molecule has 4 heterocycles. The van der Waals surface area contributed by atoms with E-state index < -0.39 is 0 Å². The fourth-order valence-electron chi connectivity index (χ4n) is 3.83. The molecule has 0 atom stereocenters. The summed E-state index contributed by atoms with van der Waals surface area (Å²) in [5.74, 6) is 0.949. The fraction of sp³-hybridized carbons (Fsp3) is 0.500. The molecule has 1 saturated heterocycles. The van der Waals surface area contributed by atoms with Gasteiger partial charge in [0.05, 0.1) is 6.61 Å². The number of hydrogen-bond acceptors (Lipinski definition) is 4. The van der Waals surface area contributed by atoms with Gasteiger partial charge in [0.1, 0.15) is 6.33 Å². The molecular weight excluding hydrogens is 318 g/mol. The van der Waals surface area contributed by atoms with Gasteiger partial charge in [0.15, 0.2) is 5.82 Å². The molecule has 0 radical (unpaired) electrons. The number of hydrogen-bond donors (Lipinski definition) is 0. The monoisotopic (exact) mass is 341 g/mol. The number of carbonyl (C=O) groups excluding carboxylic acids is 1. The minimum Gasteiger partial charge on any atom is -0.450 e. The molecule has 0 saturated carbocycles. The first kappa shape index (κ1) is 15.9. The van der Waals surface area contributed by atoms with Crippen molar-refractivity contribution >= 4 is 11.7 Å². The summed E-state index contributed by atoms with van der Waals surface area (Å²) < 4.78 is 9.32. The quantitative estimate of drug-likeness (QED) is 0.798. The Morgan fingerprint density at radius 2 is 2.04 bits per heavy atom. The van der Waals surface area contributed by atoms with E-state index in [4.69, 9.17) is 4.74 Å². The van der Waals surface area contributed by atoms with Crippen LogP contribution in [-0.4, -0.2) is 50.0 Å². The topological polar surface area (TPSA) is 65.2 Å². The molecule has 0 N–H and O–H groups in total. The van der Waals surface area contributed by atoms with E-state index in [-0.39, 0.29) is 6.09 Å². The highest BCUT2D eigenvalue weighted by atomic mass is 16.6. The maximum Gasteiger partial charge on any atom is 0.409 e. The van der Waals surface area contributed by atoms with Gasteiger partial charge in [-0.3, -0.25) is 0 Å². The number of likely N-dealkylation sites (tertiary alicyclic amines) is 1. The molecule has 7 heteroatoms. The number of carbonyl (C=O) groups is 1. The molecule has 2 aliphatic rings. The van der Waals surface area contributed by atoms with Crippen molar-refractivity contribution in [2.24, 2.45) is 7.05 Å². The van der Waals surface area contributed by atoms with Crippen LogP contribution in [0.4, 0.5) is 4.79 Å². The SMILES string of the molecule is CCOC(=O)N1CCC(=C2c3ccn(C)c3CCn3ncnc32)CC1. The third-order valence-corrected chi connectivity index (χ3v) is 5.12. The van der Waals surface area contributed by atoms with Gasteiger partial charge in [-0.1, -0.05) is 5.57 Å². The van der Waals surface area contributed by atoms with Crippen molar-refractivity contribution in [3.63, 3.8) is 0 Å². The van der Waals surface area contributed by atoms with Gasteiger partial charge in [-0.05, 0) is 25.8 Å². The van der Waals surface area contributed by atoms with Crippen LogP contribution < -0.4 is 0 Å². The molecule has 2 aliphatic heterocycles. The number of aromatic nitrogens is 4. The van der Waals surface area contributed by atoms with Crippen molar-refractivity contribution in [1.29, 1.82) is 0 Å². The van der Waals surface area contributed by atoms with E-state index in [1.165, 1.54) is 22.4 Å². The largest absolute Gasteiger partial charge is 0.450 e. The predicted octanol–water partition coefficient (Wildman–Crippen LogP) is 2.23. The van der Waals surface area contributed by atoms with Gasteiger partial charge >= 0.3 is 6.09 Å². The lowest BCUT2D eigenvalue weighted by Crippen LogP contribution is -2.37. The van der Waals surface area contributed by atoms with E-state index in [9.17, 15) is 4.79 Å². The molecule has 0 spiro atoms. The second kappa shape index (κ2) is 6.38. The molecule has 7 nitrogen and oxygen atoms in total. The molecular formula is C18H23N5O2. The minimum absolute atomic E-state index is 0.212. The van der Waals surface area contributed by atoms with E-state index in [2.05, 4.69) is 34.0 Å². The van der Waals surface area contributed by atoms with Crippen LogP contribution in [0.2, 0.25) is 0 Å². The number of piperidine rings is 1. The maximum absolute atomic E-state index is 12.0. The first-order valence-electron chi connectivity index (χ1n) is 8.85. The zero-order chi connectivity index (χ0) is 17.4. The Morgan fingerprint density at radius 3 is 2.80 bits per heavy atom. The summed E-state index contributed by atoms with van der Waals surface area (Å²) in [7, 11) is 2.09. The molecule has 0 unspecified atom stereocenters. The molecule has 25 heavy (non-hydrogen) atoms. The van der Waals surface area contributed by atoms with Crippen molar-refractivity contribution < 1.29 is 9.53 Å². The molecule has 0 aromatic carbocycles. The molecule has 4 rings (SSSR count). The normalized spacial score (nSPS) is 17.1. The second-order valence-electron chi connectivity index (χ2n) is 6.51. The first-order valence-corrected chi connectivity index (χ1v) is 8.85. The summed E-state index contributed by atoms with van der Waals surface area (Å²) in [5.41, 5.74) is 5.13. The Kier molecular flexibility index (Phi) is 4.07. The summed E-state index contributed by atoms with van der Waals surface area (Å²) in [6.45, 7) is 4.47. The Bertz CT molecular complexity index is 822. The van der Waals surface area contributed by atoms with Crippen molar-refractivity contribution in [3.05, 3.63) is 41.2 Å². The average Bonchev–Trinajstić information content (AvgIpc) is 3.18. The van der Waals surface area contributed by atoms with E-state index >= 15 is 0 Å². The number of amides is 1. The van der Waals surface area contributed by atoms with Crippen LogP contribution in [0.25, 0.3) is 5.57 Å². The number of ether oxygens (including phenoxy) is 1. The summed E-state index contributed by atoms with van der Waals surface area (Å²) in [5, 5.41) is 4.40. The molecule has 2 aromatic rings. The molecule has 2 aromatic heterocycles. The zero-order valence-corrected chi connectivity index (χ0v) is 14.7. The van der Waals surface area contributed by atoms with Gasteiger partial charge in [0.2, 0.25) is 0 Å². The van der Waals surface area contributed by atoms with Crippen molar-refractivity contribution in [2.45, 2.75) is 32.7 Å². The molecule has 0 aliphatic carbocycles. The summed E-state index contributed by atoms with van der Waals surface area (Å²) in [4.78, 5) is 18.3. The van der Waals surface area contributed by atoms with E-state index in [0.717, 1.165) is 31.6 Å². The highest BCUT2D eigenvalue weighted by Gasteiger charge is 2.28. The zero-order valence-electron chi connectivity index (χ0n) is 14.7. The second-order valence-corrected chi connectivity index (χ2v) is 6.51. The lowest BCUT2D eigenvalue weighted by Gasteiger charge is -2.29. The Morgan fingerprint density at radius 1 is 1.24 bits per heavy atom. The first-order chi connectivity index (χ1) is 12.2. The third kappa shape index (κ3) is 2.73. The Hall–Kier alpha value is -2.57. The summed E-state index contributed by atoms with van der Waals surface area (Å²) in [6.07, 6.45) is 6.17. The van der Waals surface area contributed by atoms with Crippen LogP contribution in [0.1, 0.15) is 36.8 Å². The van der Waals surface area contributed by atoms with E-state index in [1.807, 2.05) is 11.6 Å². The third-order valence-electron chi connectivity index (χ3n) is 5.12. The van der Waals surface area contributed by atoms with Gasteiger partial charge in [-0.25, -0.2) is 14.5 Å². The molecule has 132 valence electrons. The average molecular weight is 341 g/mol. The number of aryl methyl sites for hydroxylation is 2. The lowest BCUT2D eigenvalue weighted by molar-refractivity contribution is 0.104. The van der Waals surface area contributed by atoms with Crippen molar-refractivity contribution in [3.8, 4) is 0 Å². The maximum atomic E-state index is 12.0. The summed E-state index contributed by atoms with van der Waals surface area (Å²) in [6, 6.07) is 2.18. The Balaban J connectivity index is 1.71. The highest BCUT2D eigenvalue weighted by molar-refractivity contribution is 5.81. The van der Waals surface area contributed by atoms with Gasteiger partial charge < -0.3 is 14.2 Å². The van der Waals surface area contributed by atoms with Crippen LogP contribution in [-0.2, 0) is 24.8 Å². The lowest BCUT2D eigenvalue weighted by atomic mass is 9.92. The van der Waals surface area contributed by atoms with Crippen LogP contribution in [0.15, 0.2) is 24.2 Å².